The molecule has 5 rings (SSSR count). The second kappa shape index (κ2) is 4.58. The third-order valence-corrected chi connectivity index (χ3v) is 7.51. The Morgan fingerprint density at radius 2 is 1.90 bits per heavy atom. The van der Waals surface area contributed by atoms with E-state index in [2.05, 4.69) is 43.0 Å². The van der Waals surface area contributed by atoms with Crippen LogP contribution in [0.25, 0.3) is 0 Å². The lowest BCUT2D eigenvalue weighted by molar-refractivity contribution is -0.157. The van der Waals surface area contributed by atoms with Gasteiger partial charge in [0.05, 0.1) is 0 Å². The molecule has 0 amide bonds. The number of nitrogens with one attached hydrogen (secondary N) is 1. The van der Waals surface area contributed by atoms with Crippen molar-refractivity contribution in [1.82, 2.24) is 5.32 Å². The number of thiophene rings is 1. The minimum absolute atomic E-state index is 0.555. The molecule has 116 valence electrons. The number of hydrogen-bond donors (Lipinski definition) is 1. The second-order valence-corrected chi connectivity index (χ2v) is 9.95. The van der Waals surface area contributed by atoms with E-state index in [4.69, 9.17) is 0 Å². The molecule has 2 heteroatoms. The van der Waals surface area contributed by atoms with E-state index in [1.807, 2.05) is 11.3 Å². The first-order valence-corrected chi connectivity index (χ1v) is 9.57. The molecular formula is C19H29NS. The lowest BCUT2D eigenvalue weighted by Crippen LogP contribution is -2.61. The summed E-state index contributed by atoms with van der Waals surface area (Å²) >= 11 is 1.84. The number of likely N-dealkylation sites (N-methyl/N-ethyl adjacent to an activating group) is 1. The fourth-order valence-electron chi connectivity index (χ4n) is 7.19. The van der Waals surface area contributed by atoms with Gasteiger partial charge in [0.15, 0.2) is 0 Å². The van der Waals surface area contributed by atoms with Crippen LogP contribution >= 0.6 is 11.3 Å². The van der Waals surface area contributed by atoms with Gasteiger partial charge in [0, 0.05) is 6.04 Å². The van der Waals surface area contributed by atoms with E-state index in [-0.39, 0.29) is 0 Å². The molecule has 4 aliphatic rings. The molecule has 4 fully saturated rings. The second-order valence-electron chi connectivity index (χ2n) is 9.17. The highest BCUT2D eigenvalue weighted by atomic mass is 32.1. The molecule has 0 radical (unpaired) electrons. The van der Waals surface area contributed by atoms with Gasteiger partial charge in [0.2, 0.25) is 0 Å². The van der Waals surface area contributed by atoms with Crippen molar-refractivity contribution < 1.29 is 0 Å². The van der Waals surface area contributed by atoms with Crippen LogP contribution in [0.5, 0.6) is 0 Å². The predicted octanol–water partition coefficient (Wildman–Crippen LogP) is 4.88. The van der Waals surface area contributed by atoms with Gasteiger partial charge in [-0.15, -0.1) is 0 Å². The summed E-state index contributed by atoms with van der Waals surface area (Å²) in [5, 5.41) is 8.30. The van der Waals surface area contributed by atoms with Gasteiger partial charge in [-0.2, -0.15) is 11.3 Å². The van der Waals surface area contributed by atoms with Crippen molar-refractivity contribution in [3.63, 3.8) is 0 Å². The van der Waals surface area contributed by atoms with Gasteiger partial charge in [-0.05, 0) is 96.5 Å². The van der Waals surface area contributed by atoms with Crippen LogP contribution in [-0.2, 0) is 6.42 Å². The zero-order valence-corrected chi connectivity index (χ0v) is 14.6. The van der Waals surface area contributed by atoms with Crippen molar-refractivity contribution in [1.29, 1.82) is 0 Å². The van der Waals surface area contributed by atoms with E-state index >= 15 is 0 Å². The van der Waals surface area contributed by atoms with Crippen LogP contribution in [0.1, 0.15) is 57.9 Å². The molecule has 3 atom stereocenters. The molecule has 1 aromatic heterocycles. The summed E-state index contributed by atoms with van der Waals surface area (Å²) in [5.41, 5.74) is 3.33. The van der Waals surface area contributed by atoms with Crippen LogP contribution in [0.15, 0.2) is 16.8 Å². The Morgan fingerprint density at radius 1 is 1.19 bits per heavy atom. The molecule has 1 aromatic rings. The van der Waals surface area contributed by atoms with Crippen molar-refractivity contribution in [2.45, 2.75) is 64.8 Å². The van der Waals surface area contributed by atoms with E-state index in [0.29, 0.717) is 22.3 Å². The number of hydrogen-bond acceptors (Lipinski definition) is 2. The average molecular weight is 304 g/mol. The van der Waals surface area contributed by atoms with Crippen LogP contribution < -0.4 is 5.32 Å². The summed E-state index contributed by atoms with van der Waals surface area (Å²) in [4.78, 5) is 0. The first-order chi connectivity index (χ1) is 9.94. The van der Waals surface area contributed by atoms with Gasteiger partial charge >= 0.3 is 0 Å². The molecule has 1 N–H and O–H groups in total. The van der Waals surface area contributed by atoms with Gasteiger partial charge < -0.3 is 5.32 Å². The summed E-state index contributed by atoms with van der Waals surface area (Å²) in [6.07, 6.45) is 10.1. The van der Waals surface area contributed by atoms with Gasteiger partial charge in [-0.25, -0.2) is 0 Å². The molecule has 1 heterocycles. The molecule has 4 aliphatic carbocycles. The van der Waals surface area contributed by atoms with Crippen molar-refractivity contribution in [3.05, 3.63) is 22.4 Å². The van der Waals surface area contributed by atoms with Crippen molar-refractivity contribution in [2.75, 3.05) is 7.05 Å². The normalized spacial score (nSPS) is 46.0. The molecule has 0 aromatic carbocycles. The SMILES string of the molecule is CNC(Cc1ccsc1)C12CC3CC(C)(CC(C)(C3)C1)C2. The van der Waals surface area contributed by atoms with E-state index in [9.17, 15) is 0 Å². The Labute approximate surface area is 133 Å². The highest BCUT2D eigenvalue weighted by Gasteiger charge is 2.61. The van der Waals surface area contributed by atoms with Crippen molar-refractivity contribution in [2.24, 2.45) is 22.2 Å². The molecule has 0 aliphatic heterocycles. The fourth-order valence-corrected chi connectivity index (χ4v) is 7.88. The largest absolute Gasteiger partial charge is 0.316 e. The third-order valence-electron chi connectivity index (χ3n) is 6.78. The lowest BCUT2D eigenvalue weighted by atomic mass is 9.39. The van der Waals surface area contributed by atoms with Gasteiger partial charge in [0.25, 0.3) is 0 Å². The number of rotatable bonds is 4. The zero-order chi connectivity index (χ0) is 14.7. The van der Waals surface area contributed by atoms with Crippen LogP contribution in [0.4, 0.5) is 0 Å². The van der Waals surface area contributed by atoms with Crippen molar-refractivity contribution in [3.8, 4) is 0 Å². The summed E-state index contributed by atoms with van der Waals surface area (Å²) in [6, 6.07) is 2.98. The first kappa shape index (κ1) is 14.3. The summed E-state index contributed by atoms with van der Waals surface area (Å²) in [6.45, 7) is 5.17. The standard InChI is InChI=1S/C19H29NS/c1-17-7-15-8-18(2,11-17)13-19(9-15,12-17)16(20-3)6-14-4-5-21-10-14/h4-5,10,15-16,20H,6-9,11-13H2,1-3H3. The summed E-state index contributed by atoms with van der Waals surface area (Å²) in [5.74, 6) is 0.995. The van der Waals surface area contributed by atoms with E-state index < -0.39 is 0 Å². The topological polar surface area (TPSA) is 12.0 Å². The smallest absolute Gasteiger partial charge is 0.0162 e. The van der Waals surface area contributed by atoms with E-state index in [0.717, 1.165) is 5.92 Å². The molecular weight excluding hydrogens is 274 g/mol. The molecule has 21 heavy (non-hydrogen) atoms. The Bertz CT molecular complexity index is 502. The minimum Gasteiger partial charge on any atom is -0.316 e. The maximum atomic E-state index is 3.74. The van der Waals surface area contributed by atoms with Gasteiger partial charge in [-0.1, -0.05) is 13.8 Å². The van der Waals surface area contributed by atoms with Crippen molar-refractivity contribution >= 4 is 11.3 Å². The molecule has 0 spiro atoms. The average Bonchev–Trinajstić information content (AvgIpc) is 2.83. The summed E-state index contributed by atoms with van der Waals surface area (Å²) < 4.78 is 0. The van der Waals surface area contributed by atoms with Crippen LogP contribution in [0, 0.1) is 22.2 Å². The van der Waals surface area contributed by atoms with Gasteiger partial charge in [0.1, 0.15) is 0 Å². The fraction of sp³-hybridized carbons (Fsp3) is 0.789. The monoisotopic (exact) mass is 303 g/mol. The Morgan fingerprint density at radius 3 is 2.43 bits per heavy atom. The van der Waals surface area contributed by atoms with Gasteiger partial charge in [-0.3, -0.25) is 0 Å². The van der Waals surface area contributed by atoms with Crippen LogP contribution in [0.2, 0.25) is 0 Å². The molecule has 4 saturated carbocycles. The Balaban J connectivity index is 1.66. The highest BCUT2D eigenvalue weighted by molar-refractivity contribution is 7.07. The van der Waals surface area contributed by atoms with E-state index in [1.54, 1.807) is 0 Å². The summed E-state index contributed by atoms with van der Waals surface area (Å²) in [7, 11) is 2.19. The highest BCUT2D eigenvalue weighted by Crippen LogP contribution is 2.70. The van der Waals surface area contributed by atoms with Crippen LogP contribution in [-0.4, -0.2) is 13.1 Å². The molecule has 4 bridgehead atoms. The van der Waals surface area contributed by atoms with Crippen LogP contribution in [0.3, 0.4) is 0 Å². The predicted molar refractivity (Wildman–Crippen MR) is 90.7 cm³/mol. The lowest BCUT2D eigenvalue weighted by Gasteiger charge is -2.67. The molecule has 1 nitrogen and oxygen atoms in total. The van der Waals surface area contributed by atoms with E-state index in [1.165, 1.54) is 50.5 Å². The maximum absolute atomic E-state index is 3.74. The third kappa shape index (κ3) is 2.30. The minimum atomic E-state index is 0.555. The molecule has 0 saturated heterocycles. The Hall–Kier alpha value is -0.340. The maximum Gasteiger partial charge on any atom is 0.0162 e. The molecule has 3 unspecified atom stereocenters. The zero-order valence-electron chi connectivity index (χ0n) is 13.7. The Kier molecular flexibility index (Phi) is 3.11. The quantitative estimate of drug-likeness (QED) is 0.836. The first-order valence-electron chi connectivity index (χ1n) is 8.63.